The molecule has 2 rings (SSSR count). The van der Waals surface area contributed by atoms with Gasteiger partial charge in [0.2, 0.25) is 0 Å². The highest BCUT2D eigenvalue weighted by Gasteiger charge is 2.10. The number of benzene rings is 1. The summed E-state index contributed by atoms with van der Waals surface area (Å²) in [6, 6.07) is 5.92. The van der Waals surface area contributed by atoms with Crippen LogP contribution in [0, 0.1) is 13.8 Å². The Morgan fingerprint density at radius 1 is 1.35 bits per heavy atom. The molecule has 17 heavy (non-hydrogen) atoms. The number of halogens is 1. The van der Waals surface area contributed by atoms with Crippen LogP contribution in [0.1, 0.15) is 22.5 Å². The van der Waals surface area contributed by atoms with E-state index in [2.05, 4.69) is 11.9 Å². The van der Waals surface area contributed by atoms with E-state index in [4.69, 9.17) is 17.3 Å². The molecular formula is C13H16ClN3. The first kappa shape index (κ1) is 12.0. The molecule has 0 amide bonds. The molecule has 2 aromatic rings. The molecule has 0 atom stereocenters. The minimum Gasteiger partial charge on any atom is -0.369 e. The Hall–Kier alpha value is -1.48. The number of aryl methyl sites for hydroxylation is 1. The van der Waals surface area contributed by atoms with Crippen molar-refractivity contribution in [2.75, 3.05) is 5.73 Å². The van der Waals surface area contributed by atoms with Crippen molar-refractivity contribution in [3.05, 3.63) is 45.7 Å². The monoisotopic (exact) mass is 249 g/mol. The van der Waals surface area contributed by atoms with Crippen LogP contribution in [0.25, 0.3) is 0 Å². The molecule has 90 valence electrons. The summed E-state index contributed by atoms with van der Waals surface area (Å²) in [6.45, 7) is 4.10. The van der Waals surface area contributed by atoms with Crippen molar-refractivity contribution in [1.82, 2.24) is 9.55 Å². The number of nitrogens with zero attached hydrogens (tertiary/aromatic N) is 2. The first-order valence-corrected chi connectivity index (χ1v) is 5.89. The van der Waals surface area contributed by atoms with E-state index in [1.54, 1.807) is 0 Å². The van der Waals surface area contributed by atoms with Gasteiger partial charge >= 0.3 is 0 Å². The Bertz CT molecular complexity index is 558. The molecule has 0 aliphatic heterocycles. The lowest BCUT2D eigenvalue weighted by Crippen LogP contribution is -1.98. The lowest BCUT2D eigenvalue weighted by Gasteiger charge is -2.05. The van der Waals surface area contributed by atoms with Gasteiger partial charge < -0.3 is 10.3 Å². The molecular weight excluding hydrogens is 234 g/mol. The van der Waals surface area contributed by atoms with E-state index in [0.29, 0.717) is 5.95 Å². The number of anilines is 1. The Morgan fingerprint density at radius 3 is 2.65 bits per heavy atom. The quantitative estimate of drug-likeness (QED) is 0.890. The average molecular weight is 250 g/mol. The molecule has 0 aliphatic carbocycles. The molecule has 0 fully saturated rings. The molecule has 0 aliphatic rings. The second-order valence-corrected chi connectivity index (χ2v) is 4.75. The van der Waals surface area contributed by atoms with E-state index in [0.717, 1.165) is 22.8 Å². The van der Waals surface area contributed by atoms with Crippen LogP contribution in [0.5, 0.6) is 0 Å². The van der Waals surface area contributed by atoms with Crippen molar-refractivity contribution >= 4 is 17.5 Å². The first-order valence-electron chi connectivity index (χ1n) is 5.51. The highest BCUT2D eigenvalue weighted by Crippen LogP contribution is 2.20. The van der Waals surface area contributed by atoms with Crippen molar-refractivity contribution < 1.29 is 0 Å². The molecule has 2 N–H and O–H groups in total. The third kappa shape index (κ3) is 2.29. The number of hydrogen-bond acceptors (Lipinski definition) is 2. The van der Waals surface area contributed by atoms with Crippen LogP contribution in [0.3, 0.4) is 0 Å². The van der Waals surface area contributed by atoms with Crippen LogP contribution in [0.15, 0.2) is 18.2 Å². The maximum atomic E-state index is 6.01. The van der Waals surface area contributed by atoms with Gasteiger partial charge in [0.15, 0.2) is 5.95 Å². The third-order valence-electron chi connectivity index (χ3n) is 3.18. The van der Waals surface area contributed by atoms with Crippen molar-refractivity contribution in [3.8, 4) is 0 Å². The van der Waals surface area contributed by atoms with Gasteiger partial charge in [-0.15, -0.1) is 0 Å². The van der Waals surface area contributed by atoms with Crippen LogP contribution < -0.4 is 5.73 Å². The fourth-order valence-corrected chi connectivity index (χ4v) is 2.03. The average Bonchev–Trinajstić information content (AvgIpc) is 2.52. The molecule has 3 nitrogen and oxygen atoms in total. The highest BCUT2D eigenvalue weighted by atomic mass is 35.5. The summed E-state index contributed by atoms with van der Waals surface area (Å²) in [4.78, 5) is 4.37. The van der Waals surface area contributed by atoms with Gasteiger partial charge in [0.25, 0.3) is 0 Å². The number of nitrogens with two attached hydrogens (primary N) is 1. The van der Waals surface area contributed by atoms with Crippen molar-refractivity contribution in [2.45, 2.75) is 20.3 Å². The maximum Gasteiger partial charge on any atom is 0.200 e. The fraction of sp³-hybridized carbons (Fsp3) is 0.308. The number of imidazole rings is 1. The Labute approximate surface area is 106 Å². The normalized spacial score (nSPS) is 10.8. The minimum atomic E-state index is 0.553. The van der Waals surface area contributed by atoms with E-state index in [1.165, 1.54) is 11.1 Å². The van der Waals surface area contributed by atoms with E-state index < -0.39 is 0 Å². The van der Waals surface area contributed by atoms with Gasteiger partial charge in [-0.3, -0.25) is 0 Å². The summed E-state index contributed by atoms with van der Waals surface area (Å²) < 4.78 is 1.90. The topological polar surface area (TPSA) is 43.8 Å². The molecule has 1 aromatic heterocycles. The summed E-state index contributed by atoms with van der Waals surface area (Å²) in [6.07, 6.45) is 0.767. The van der Waals surface area contributed by atoms with Gasteiger partial charge in [0, 0.05) is 24.2 Å². The molecule has 0 unspecified atom stereocenters. The lowest BCUT2D eigenvalue weighted by molar-refractivity contribution is 0.881. The van der Waals surface area contributed by atoms with Crippen LogP contribution in [0.2, 0.25) is 5.02 Å². The van der Waals surface area contributed by atoms with Crippen molar-refractivity contribution in [1.29, 1.82) is 0 Å². The Kier molecular flexibility index (Phi) is 3.11. The third-order valence-corrected chi connectivity index (χ3v) is 3.42. The van der Waals surface area contributed by atoms with E-state index in [1.807, 2.05) is 36.7 Å². The number of aromatic nitrogens is 2. The van der Waals surface area contributed by atoms with Gasteiger partial charge in [-0.05, 0) is 37.1 Å². The SMILES string of the molecule is Cc1ccc(Cl)cc1Cc1nc(N)n(C)c1C. The summed E-state index contributed by atoms with van der Waals surface area (Å²) in [5.41, 5.74) is 10.3. The second-order valence-electron chi connectivity index (χ2n) is 4.31. The molecule has 0 bridgehead atoms. The van der Waals surface area contributed by atoms with Crippen LogP contribution in [0.4, 0.5) is 5.95 Å². The zero-order valence-electron chi connectivity index (χ0n) is 10.3. The smallest absolute Gasteiger partial charge is 0.200 e. The number of rotatable bonds is 2. The van der Waals surface area contributed by atoms with Crippen LogP contribution in [-0.4, -0.2) is 9.55 Å². The summed E-state index contributed by atoms with van der Waals surface area (Å²) in [5.74, 6) is 0.553. The van der Waals surface area contributed by atoms with Gasteiger partial charge in [0.05, 0.1) is 5.69 Å². The molecule has 1 aromatic carbocycles. The standard InChI is InChI=1S/C13H16ClN3/c1-8-4-5-11(14)6-10(8)7-12-9(2)17(3)13(15)16-12/h4-6H,7H2,1-3H3,(H2,15,16). The number of hydrogen-bond donors (Lipinski definition) is 1. The predicted octanol–water partition coefficient (Wildman–Crippen LogP) is 2.86. The summed E-state index contributed by atoms with van der Waals surface area (Å²) in [7, 11) is 1.92. The van der Waals surface area contributed by atoms with E-state index in [9.17, 15) is 0 Å². The maximum absolute atomic E-state index is 6.01. The summed E-state index contributed by atoms with van der Waals surface area (Å²) in [5, 5.41) is 0.757. The first-order chi connectivity index (χ1) is 7.99. The van der Waals surface area contributed by atoms with Crippen molar-refractivity contribution in [3.63, 3.8) is 0 Å². The zero-order chi connectivity index (χ0) is 12.6. The Morgan fingerprint density at radius 2 is 2.06 bits per heavy atom. The van der Waals surface area contributed by atoms with E-state index in [-0.39, 0.29) is 0 Å². The second kappa shape index (κ2) is 4.41. The predicted molar refractivity (Wildman–Crippen MR) is 71.4 cm³/mol. The largest absolute Gasteiger partial charge is 0.369 e. The summed E-state index contributed by atoms with van der Waals surface area (Å²) >= 11 is 6.01. The van der Waals surface area contributed by atoms with Crippen LogP contribution >= 0.6 is 11.6 Å². The molecule has 4 heteroatoms. The van der Waals surface area contributed by atoms with Gasteiger partial charge in [-0.25, -0.2) is 4.98 Å². The number of nitrogen functional groups attached to an aromatic ring is 1. The lowest BCUT2D eigenvalue weighted by atomic mass is 10.0. The fourth-order valence-electron chi connectivity index (χ4n) is 1.84. The van der Waals surface area contributed by atoms with Gasteiger partial charge in [-0.2, -0.15) is 0 Å². The van der Waals surface area contributed by atoms with Gasteiger partial charge in [0.1, 0.15) is 0 Å². The molecule has 1 heterocycles. The van der Waals surface area contributed by atoms with Gasteiger partial charge in [-0.1, -0.05) is 17.7 Å². The van der Waals surface area contributed by atoms with E-state index >= 15 is 0 Å². The highest BCUT2D eigenvalue weighted by molar-refractivity contribution is 6.30. The van der Waals surface area contributed by atoms with Crippen LogP contribution in [-0.2, 0) is 13.5 Å². The molecule has 0 radical (unpaired) electrons. The van der Waals surface area contributed by atoms with Crippen molar-refractivity contribution in [2.24, 2.45) is 7.05 Å². The Balaban J connectivity index is 2.37. The molecule has 0 spiro atoms. The molecule has 0 saturated carbocycles. The zero-order valence-corrected chi connectivity index (χ0v) is 11.0. The minimum absolute atomic E-state index is 0.553. The molecule has 0 saturated heterocycles.